The molecule has 1 aromatic rings. The molecule has 8 heteroatoms. The van der Waals surface area contributed by atoms with Gasteiger partial charge in [-0.2, -0.15) is 15.0 Å². The minimum Gasteiger partial charge on any atom is -0.466 e. The van der Waals surface area contributed by atoms with E-state index in [0.29, 0.717) is 23.3 Å². The Bertz CT molecular complexity index is 742. The van der Waals surface area contributed by atoms with Gasteiger partial charge in [-0.3, -0.25) is 4.79 Å². The summed E-state index contributed by atoms with van der Waals surface area (Å²) < 4.78 is 5.32. The first-order valence-corrected chi connectivity index (χ1v) is 18.7. The van der Waals surface area contributed by atoms with Crippen LogP contribution in [-0.4, -0.2) is 38.5 Å². The molecule has 0 amide bonds. The molecule has 1 rings (SSSR count). The number of halogens is 1. The van der Waals surface area contributed by atoms with E-state index < -0.39 is 0 Å². The Morgan fingerprint density at radius 1 is 0.675 bits per heavy atom. The number of ether oxygens (including phenoxy) is 1. The molecule has 0 spiro atoms. The van der Waals surface area contributed by atoms with Crippen LogP contribution in [0.25, 0.3) is 0 Å². The van der Waals surface area contributed by atoms with Gasteiger partial charge >= 0.3 is 5.97 Å². The number of hydrogen-bond donors (Lipinski definition) is 0. The van der Waals surface area contributed by atoms with Crippen molar-refractivity contribution in [1.29, 1.82) is 0 Å². The summed E-state index contributed by atoms with van der Waals surface area (Å²) in [5.41, 5.74) is 0. The van der Waals surface area contributed by atoms with Crippen LogP contribution in [0.5, 0.6) is 0 Å². The van der Waals surface area contributed by atoms with Crippen molar-refractivity contribution >= 4 is 41.1 Å². The second kappa shape index (κ2) is 27.3. The Morgan fingerprint density at radius 2 is 1.18 bits per heavy atom. The fraction of sp³-hybridized carbons (Fsp3) is 0.875. The number of aromatic nitrogens is 3. The molecular formula is C32H58ClN3O2S2. The molecule has 0 aromatic carbocycles. The van der Waals surface area contributed by atoms with Crippen LogP contribution in [0.1, 0.15) is 162 Å². The van der Waals surface area contributed by atoms with Crippen molar-refractivity contribution in [3.8, 4) is 0 Å². The van der Waals surface area contributed by atoms with Gasteiger partial charge in [0.15, 0.2) is 10.3 Å². The van der Waals surface area contributed by atoms with Crippen molar-refractivity contribution in [1.82, 2.24) is 15.0 Å². The summed E-state index contributed by atoms with van der Waals surface area (Å²) in [6, 6.07) is 0. The SMILES string of the molecule is CCCCCCCCCCCCCCCCCCSc1nc(Cl)nc(SC(CCCCC)CC(=O)OCCC)n1. The van der Waals surface area contributed by atoms with Gasteiger partial charge in [0.1, 0.15) is 0 Å². The van der Waals surface area contributed by atoms with Crippen molar-refractivity contribution < 1.29 is 9.53 Å². The van der Waals surface area contributed by atoms with Gasteiger partial charge < -0.3 is 4.74 Å². The maximum absolute atomic E-state index is 12.2. The number of carbonyl (C=O) groups is 1. The molecule has 1 atom stereocenters. The lowest BCUT2D eigenvalue weighted by molar-refractivity contribution is -0.143. The zero-order chi connectivity index (χ0) is 29.1. The molecule has 40 heavy (non-hydrogen) atoms. The minimum absolute atomic E-state index is 0.0903. The first-order valence-electron chi connectivity index (χ1n) is 16.5. The summed E-state index contributed by atoms with van der Waals surface area (Å²) in [6.07, 6.45) is 27.6. The Labute approximate surface area is 259 Å². The van der Waals surface area contributed by atoms with E-state index in [-0.39, 0.29) is 16.5 Å². The number of esters is 1. The lowest BCUT2D eigenvalue weighted by Crippen LogP contribution is -2.15. The maximum atomic E-state index is 12.2. The van der Waals surface area contributed by atoms with Crippen LogP contribution in [0.15, 0.2) is 10.3 Å². The van der Waals surface area contributed by atoms with E-state index in [1.54, 1.807) is 11.8 Å². The predicted octanol–water partition coefficient (Wildman–Crippen LogP) is 11.3. The fourth-order valence-electron chi connectivity index (χ4n) is 4.68. The topological polar surface area (TPSA) is 65.0 Å². The molecule has 0 aliphatic heterocycles. The smallest absolute Gasteiger partial charge is 0.306 e. The fourth-order valence-corrected chi connectivity index (χ4v) is 6.91. The molecule has 1 unspecified atom stereocenters. The molecule has 0 aliphatic carbocycles. The summed E-state index contributed by atoms with van der Waals surface area (Å²) in [5.74, 6) is 0.848. The quantitative estimate of drug-likeness (QED) is 0.0527. The highest BCUT2D eigenvalue weighted by Crippen LogP contribution is 2.29. The van der Waals surface area contributed by atoms with Gasteiger partial charge in [-0.15, -0.1) is 0 Å². The van der Waals surface area contributed by atoms with Crippen LogP contribution >= 0.6 is 35.1 Å². The Kier molecular flexibility index (Phi) is 25.6. The summed E-state index contributed by atoms with van der Waals surface area (Å²) in [6.45, 7) is 6.95. The van der Waals surface area contributed by atoms with Gasteiger partial charge in [0.25, 0.3) is 0 Å². The molecule has 5 nitrogen and oxygen atoms in total. The average Bonchev–Trinajstić information content (AvgIpc) is 2.93. The number of hydrogen-bond acceptors (Lipinski definition) is 7. The van der Waals surface area contributed by atoms with E-state index in [2.05, 4.69) is 28.8 Å². The first kappa shape index (κ1) is 37.5. The molecule has 232 valence electrons. The zero-order valence-electron chi connectivity index (χ0n) is 25.9. The zero-order valence-corrected chi connectivity index (χ0v) is 28.3. The first-order chi connectivity index (χ1) is 19.6. The van der Waals surface area contributed by atoms with Crippen molar-refractivity contribution in [2.75, 3.05) is 12.4 Å². The Balaban J connectivity index is 2.20. The van der Waals surface area contributed by atoms with Crippen molar-refractivity contribution in [2.45, 2.75) is 178 Å². The standard InChI is InChI=1S/C32H58ClN3O2S2/c1-4-7-9-10-11-12-13-14-15-16-17-18-19-20-21-23-26-39-31-34-30(33)35-32(36-31)40-28(24-22-8-5-2)27-29(37)38-25-6-3/h28H,4-27H2,1-3H3. The van der Waals surface area contributed by atoms with Gasteiger partial charge in [-0.05, 0) is 30.9 Å². The minimum atomic E-state index is -0.144. The second-order valence-corrected chi connectivity index (χ2v) is 13.6. The van der Waals surface area contributed by atoms with E-state index in [0.717, 1.165) is 44.3 Å². The molecule has 0 radical (unpaired) electrons. The van der Waals surface area contributed by atoms with E-state index in [1.165, 1.54) is 108 Å². The molecule has 0 N–H and O–H groups in total. The third-order valence-electron chi connectivity index (χ3n) is 7.06. The van der Waals surface area contributed by atoms with Gasteiger partial charge in [0.05, 0.1) is 13.0 Å². The van der Waals surface area contributed by atoms with Gasteiger partial charge in [-0.25, -0.2) is 0 Å². The number of nitrogens with zero attached hydrogens (tertiary/aromatic N) is 3. The van der Waals surface area contributed by atoms with Crippen LogP contribution in [-0.2, 0) is 9.53 Å². The van der Waals surface area contributed by atoms with Crippen LogP contribution in [0.3, 0.4) is 0 Å². The van der Waals surface area contributed by atoms with E-state index in [9.17, 15) is 4.79 Å². The lowest BCUT2D eigenvalue weighted by atomic mass is 10.0. The Hall–Kier alpha value is -0.530. The molecule has 0 fully saturated rings. The highest BCUT2D eigenvalue weighted by Gasteiger charge is 2.19. The van der Waals surface area contributed by atoms with E-state index in [4.69, 9.17) is 16.3 Å². The molecule has 1 aromatic heterocycles. The van der Waals surface area contributed by atoms with Gasteiger partial charge in [-0.1, -0.05) is 160 Å². The second-order valence-electron chi connectivity index (χ2n) is 11.0. The monoisotopic (exact) mass is 615 g/mol. The lowest BCUT2D eigenvalue weighted by Gasteiger charge is -2.15. The normalized spacial score (nSPS) is 12.1. The van der Waals surface area contributed by atoms with E-state index in [1.807, 2.05) is 6.92 Å². The Morgan fingerprint density at radius 3 is 1.73 bits per heavy atom. The summed E-state index contributed by atoms with van der Waals surface area (Å²) in [7, 11) is 0. The van der Waals surface area contributed by atoms with Crippen LogP contribution < -0.4 is 0 Å². The summed E-state index contributed by atoms with van der Waals surface area (Å²) in [5, 5.41) is 1.61. The highest BCUT2D eigenvalue weighted by molar-refractivity contribution is 8.00. The molecular weight excluding hydrogens is 558 g/mol. The summed E-state index contributed by atoms with van der Waals surface area (Å²) in [4.78, 5) is 25.6. The van der Waals surface area contributed by atoms with Crippen LogP contribution in [0, 0.1) is 0 Å². The van der Waals surface area contributed by atoms with E-state index >= 15 is 0 Å². The van der Waals surface area contributed by atoms with Crippen LogP contribution in [0.4, 0.5) is 0 Å². The van der Waals surface area contributed by atoms with Crippen LogP contribution in [0.2, 0.25) is 5.28 Å². The number of unbranched alkanes of at least 4 members (excludes halogenated alkanes) is 17. The molecule has 0 saturated heterocycles. The maximum Gasteiger partial charge on any atom is 0.306 e. The highest BCUT2D eigenvalue weighted by atomic mass is 35.5. The number of rotatable bonds is 28. The molecule has 0 bridgehead atoms. The summed E-state index contributed by atoms with van der Waals surface area (Å²) >= 11 is 9.43. The van der Waals surface area contributed by atoms with Crippen molar-refractivity contribution in [3.05, 3.63) is 5.28 Å². The largest absolute Gasteiger partial charge is 0.466 e. The van der Waals surface area contributed by atoms with Crippen molar-refractivity contribution in [3.63, 3.8) is 0 Å². The van der Waals surface area contributed by atoms with Gasteiger partial charge in [0.2, 0.25) is 5.28 Å². The molecule has 0 aliphatic rings. The predicted molar refractivity (Wildman–Crippen MR) is 175 cm³/mol. The third-order valence-corrected chi connectivity index (χ3v) is 9.29. The number of carbonyl (C=O) groups excluding carboxylic acids is 1. The van der Waals surface area contributed by atoms with Crippen molar-refractivity contribution in [2.24, 2.45) is 0 Å². The number of thioether (sulfide) groups is 2. The van der Waals surface area contributed by atoms with Gasteiger partial charge in [0, 0.05) is 11.0 Å². The molecule has 1 heterocycles. The molecule has 0 saturated carbocycles. The average molecular weight is 616 g/mol. The third kappa shape index (κ3) is 22.1.